The van der Waals surface area contributed by atoms with Crippen molar-refractivity contribution in [2.24, 2.45) is 0 Å². The summed E-state index contributed by atoms with van der Waals surface area (Å²) in [4.78, 5) is 14.7. The summed E-state index contributed by atoms with van der Waals surface area (Å²) in [5, 5.41) is 25.9. The number of aliphatic hydroxyl groups excluding tert-OH is 1. The number of hydrogen-bond donors (Lipinski definition) is 3. The summed E-state index contributed by atoms with van der Waals surface area (Å²) in [6.45, 7) is 1.54. The SMILES string of the molecule is CC(O)(CO)CNC(=O)c1cnn2ccc(N3CCC[C@@H]3c3cc(F)cc(F)c3)cc12. The highest BCUT2D eigenvalue weighted by atomic mass is 19.1. The van der Waals surface area contributed by atoms with Crippen molar-refractivity contribution in [2.75, 3.05) is 24.6 Å². The number of nitrogens with one attached hydrogen (secondary N) is 1. The van der Waals surface area contributed by atoms with Crippen LogP contribution in [-0.4, -0.2) is 51.0 Å². The molecule has 2 aromatic heterocycles. The van der Waals surface area contributed by atoms with Crippen LogP contribution in [0.15, 0.2) is 42.7 Å². The Morgan fingerprint density at radius 2 is 2.03 bits per heavy atom. The number of fused-ring (bicyclic) bond motifs is 1. The largest absolute Gasteiger partial charge is 0.393 e. The van der Waals surface area contributed by atoms with Gasteiger partial charge in [0.15, 0.2) is 0 Å². The van der Waals surface area contributed by atoms with Gasteiger partial charge in [0.1, 0.15) is 17.2 Å². The van der Waals surface area contributed by atoms with Gasteiger partial charge in [0.05, 0.1) is 29.9 Å². The highest BCUT2D eigenvalue weighted by molar-refractivity contribution is 6.01. The second kappa shape index (κ2) is 8.24. The summed E-state index contributed by atoms with van der Waals surface area (Å²) in [6.07, 6.45) is 4.80. The van der Waals surface area contributed by atoms with E-state index in [0.29, 0.717) is 23.2 Å². The summed E-state index contributed by atoms with van der Waals surface area (Å²) in [5.41, 5.74) is 0.856. The molecule has 1 unspecified atom stereocenters. The molecule has 1 fully saturated rings. The number of amides is 1. The number of pyridine rings is 1. The minimum atomic E-state index is -1.42. The first-order chi connectivity index (χ1) is 14.8. The minimum Gasteiger partial charge on any atom is -0.393 e. The van der Waals surface area contributed by atoms with Crippen molar-refractivity contribution in [3.05, 3.63) is 65.5 Å². The van der Waals surface area contributed by atoms with Crippen LogP contribution in [0.4, 0.5) is 14.5 Å². The van der Waals surface area contributed by atoms with Gasteiger partial charge in [-0.1, -0.05) is 0 Å². The minimum absolute atomic E-state index is 0.112. The van der Waals surface area contributed by atoms with E-state index in [0.717, 1.165) is 24.6 Å². The van der Waals surface area contributed by atoms with Crippen LogP contribution < -0.4 is 10.2 Å². The second-order valence-electron chi connectivity index (χ2n) is 8.16. The zero-order valence-corrected chi connectivity index (χ0v) is 17.1. The third-order valence-electron chi connectivity index (χ3n) is 5.57. The first-order valence-electron chi connectivity index (χ1n) is 10.1. The first kappa shape index (κ1) is 21.2. The molecule has 0 aliphatic carbocycles. The van der Waals surface area contributed by atoms with Gasteiger partial charge in [-0.15, -0.1) is 0 Å². The van der Waals surface area contributed by atoms with E-state index in [1.807, 2.05) is 12.1 Å². The number of benzene rings is 1. The fourth-order valence-corrected chi connectivity index (χ4v) is 3.93. The summed E-state index contributed by atoms with van der Waals surface area (Å²) in [6, 6.07) is 7.07. The molecule has 1 saturated heterocycles. The monoisotopic (exact) mass is 430 g/mol. The maximum Gasteiger partial charge on any atom is 0.255 e. The van der Waals surface area contributed by atoms with Crippen LogP contribution >= 0.6 is 0 Å². The molecule has 7 nitrogen and oxygen atoms in total. The predicted octanol–water partition coefficient (Wildman–Crippen LogP) is 2.43. The highest BCUT2D eigenvalue weighted by Gasteiger charge is 2.28. The Balaban J connectivity index is 1.63. The molecule has 1 aromatic carbocycles. The van der Waals surface area contributed by atoms with Crippen LogP contribution in [0.1, 0.15) is 41.7 Å². The van der Waals surface area contributed by atoms with Gasteiger partial charge in [-0.05, 0) is 49.6 Å². The maximum absolute atomic E-state index is 13.8. The number of aromatic nitrogens is 2. The summed E-state index contributed by atoms with van der Waals surface area (Å²) in [5.74, 6) is -1.64. The van der Waals surface area contributed by atoms with Gasteiger partial charge in [-0.25, -0.2) is 13.3 Å². The number of aliphatic hydroxyl groups is 2. The van der Waals surface area contributed by atoms with Crippen molar-refractivity contribution in [1.82, 2.24) is 14.9 Å². The highest BCUT2D eigenvalue weighted by Crippen LogP contribution is 2.37. The molecule has 9 heteroatoms. The van der Waals surface area contributed by atoms with Crippen LogP contribution in [0.2, 0.25) is 0 Å². The zero-order chi connectivity index (χ0) is 22.2. The molecule has 0 spiro atoms. The lowest BCUT2D eigenvalue weighted by Gasteiger charge is -2.27. The Labute approximate surface area is 177 Å². The fraction of sp³-hybridized carbons (Fsp3) is 0.364. The third-order valence-corrected chi connectivity index (χ3v) is 5.57. The second-order valence-corrected chi connectivity index (χ2v) is 8.16. The molecule has 3 N–H and O–H groups in total. The lowest BCUT2D eigenvalue weighted by atomic mass is 10.0. The number of carbonyl (C=O) groups is 1. The third kappa shape index (κ3) is 4.38. The Morgan fingerprint density at radius 3 is 2.74 bits per heavy atom. The average molecular weight is 430 g/mol. The van der Waals surface area contributed by atoms with Crippen molar-refractivity contribution >= 4 is 17.1 Å². The molecule has 0 radical (unpaired) electrons. The molecule has 164 valence electrons. The van der Waals surface area contributed by atoms with E-state index in [2.05, 4.69) is 15.3 Å². The van der Waals surface area contributed by atoms with Gasteiger partial charge in [-0.3, -0.25) is 4.79 Å². The molecule has 3 heterocycles. The van der Waals surface area contributed by atoms with Crippen molar-refractivity contribution in [1.29, 1.82) is 0 Å². The van der Waals surface area contributed by atoms with E-state index >= 15 is 0 Å². The number of halogens is 2. The fourth-order valence-electron chi connectivity index (χ4n) is 3.93. The molecule has 1 aliphatic heterocycles. The molecule has 31 heavy (non-hydrogen) atoms. The molecule has 2 atom stereocenters. The van der Waals surface area contributed by atoms with Crippen molar-refractivity contribution in [2.45, 2.75) is 31.4 Å². The van der Waals surface area contributed by atoms with Crippen LogP contribution in [0.5, 0.6) is 0 Å². The Bertz CT molecular complexity index is 1100. The van der Waals surface area contributed by atoms with Crippen molar-refractivity contribution in [3.8, 4) is 0 Å². The Kier molecular flexibility index (Phi) is 5.63. The standard InChI is InChI=1S/C22H24F2N4O3/c1-22(31,13-29)12-25-21(30)18-11-26-28-6-4-17(10-20(18)28)27-5-2-3-19(27)14-7-15(23)9-16(24)8-14/h4,6-11,19,29,31H,2-3,5,12-13H2,1H3,(H,25,30)/t19-,22?/m1/s1. The lowest BCUT2D eigenvalue weighted by molar-refractivity contribution is 0.00321. The summed E-state index contributed by atoms with van der Waals surface area (Å²) >= 11 is 0. The molecular formula is C22H24F2N4O3. The number of carbonyl (C=O) groups excluding carboxylic acids is 1. The van der Waals surface area contributed by atoms with Crippen molar-refractivity contribution in [3.63, 3.8) is 0 Å². The molecule has 3 aromatic rings. The van der Waals surface area contributed by atoms with Crippen LogP contribution in [0.3, 0.4) is 0 Å². The summed E-state index contributed by atoms with van der Waals surface area (Å²) < 4.78 is 29.1. The number of nitrogens with zero attached hydrogens (tertiary/aromatic N) is 3. The first-order valence-corrected chi connectivity index (χ1v) is 10.1. The predicted molar refractivity (Wildman–Crippen MR) is 111 cm³/mol. The van der Waals surface area contributed by atoms with Gasteiger partial charge >= 0.3 is 0 Å². The average Bonchev–Trinajstić information content (AvgIpc) is 3.38. The number of hydrogen-bond acceptors (Lipinski definition) is 5. The lowest BCUT2D eigenvalue weighted by Crippen LogP contribution is -2.43. The van der Waals surface area contributed by atoms with Crippen molar-refractivity contribution < 1.29 is 23.8 Å². The van der Waals surface area contributed by atoms with E-state index in [1.54, 1.807) is 10.7 Å². The normalized spacial score (nSPS) is 18.4. The number of rotatable bonds is 6. The number of anilines is 1. The van der Waals surface area contributed by atoms with E-state index in [9.17, 15) is 18.7 Å². The molecule has 0 bridgehead atoms. The van der Waals surface area contributed by atoms with E-state index in [4.69, 9.17) is 5.11 Å². The van der Waals surface area contributed by atoms with Crippen LogP contribution in [-0.2, 0) is 0 Å². The van der Waals surface area contributed by atoms with Crippen LogP contribution in [0, 0.1) is 11.6 Å². The van der Waals surface area contributed by atoms with Gasteiger partial charge in [0, 0.05) is 31.0 Å². The Morgan fingerprint density at radius 1 is 1.29 bits per heavy atom. The Hall–Kier alpha value is -3.04. The van der Waals surface area contributed by atoms with Gasteiger partial charge in [-0.2, -0.15) is 5.10 Å². The van der Waals surface area contributed by atoms with Gasteiger partial charge in [0.25, 0.3) is 5.91 Å². The maximum atomic E-state index is 13.8. The van der Waals surface area contributed by atoms with Gasteiger partial charge < -0.3 is 20.4 Å². The van der Waals surface area contributed by atoms with Gasteiger partial charge in [0.2, 0.25) is 0 Å². The topological polar surface area (TPSA) is 90.1 Å². The van der Waals surface area contributed by atoms with E-state index < -0.39 is 29.7 Å². The van der Waals surface area contributed by atoms with E-state index in [-0.39, 0.29) is 12.6 Å². The zero-order valence-electron chi connectivity index (χ0n) is 17.1. The molecule has 0 saturated carbocycles. The summed E-state index contributed by atoms with van der Waals surface area (Å²) in [7, 11) is 0. The molecular weight excluding hydrogens is 406 g/mol. The molecule has 4 rings (SSSR count). The van der Waals surface area contributed by atoms with Crippen LogP contribution in [0.25, 0.3) is 5.52 Å². The molecule has 1 amide bonds. The van der Waals surface area contributed by atoms with E-state index in [1.165, 1.54) is 25.3 Å². The molecule has 1 aliphatic rings. The smallest absolute Gasteiger partial charge is 0.255 e. The quantitative estimate of drug-likeness (QED) is 0.559.